The van der Waals surface area contributed by atoms with E-state index in [2.05, 4.69) is 22.3 Å². The molecule has 0 fully saturated rings. The van der Waals surface area contributed by atoms with Crippen molar-refractivity contribution in [3.8, 4) is 0 Å². The van der Waals surface area contributed by atoms with E-state index in [-0.39, 0.29) is 11.9 Å². The molecule has 1 unspecified atom stereocenters. The van der Waals surface area contributed by atoms with Crippen LogP contribution in [0, 0.1) is 5.82 Å². The smallest absolute Gasteiger partial charge is 0.138 e. The van der Waals surface area contributed by atoms with Crippen LogP contribution in [0.3, 0.4) is 0 Å². The molecule has 4 nitrogen and oxygen atoms in total. The van der Waals surface area contributed by atoms with Gasteiger partial charge in [-0.25, -0.2) is 9.37 Å². The Bertz CT molecular complexity index is 550. The predicted molar refractivity (Wildman–Crippen MR) is 77.2 cm³/mol. The first-order valence-corrected chi connectivity index (χ1v) is 7.03. The van der Waals surface area contributed by atoms with Crippen LogP contribution >= 0.6 is 11.6 Å². The third kappa shape index (κ3) is 3.16. The lowest BCUT2D eigenvalue weighted by molar-refractivity contribution is 0.496. The quantitative estimate of drug-likeness (QED) is 0.891. The maximum atomic E-state index is 14.0. The van der Waals surface area contributed by atoms with E-state index in [4.69, 9.17) is 11.6 Å². The van der Waals surface area contributed by atoms with Crippen molar-refractivity contribution in [2.75, 3.05) is 7.05 Å². The second-order valence-corrected chi connectivity index (χ2v) is 4.99. The molecule has 1 atom stereocenters. The van der Waals surface area contributed by atoms with Gasteiger partial charge in [-0.15, -0.1) is 0 Å². The van der Waals surface area contributed by atoms with Gasteiger partial charge in [0, 0.05) is 29.6 Å². The lowest BCUT2D eigenvalue weighted by Gasteiger charge is -2.18. The number of nitrogens with zero attached hydrogens (tertiary/aromatic N) is 3. The molecule has 0 aliphatic carbocycles. The molecule has 1 aromatic carbocycles. The summed E-state index contributed by atoms with van der Waals surface area (Å²) in [5.74, 6) is 0.518. The van der Waals surface area contributed by atoms with Gasteiger partial charge in [0.2, 0.25) is 0 Å². The van der Waals surface area contributed by atoms with Crippen LogP contribution < -0.4 is 5.32 Å². The Labute approximate surface area is 123 Å². The zero-order valence-corrected chi connectivity index (χ0v) is 12.4. The zero-order valence-electron chi connectivity index (χ0n) is 11.6. The first-order chi connectivity index (χ1) is 9.67. The molecule has 0 aliphatic rings. The van der Waals surface area contributed by atoms with Crippen molar-refractivity contribution in [3.05, 3.63) is 46.8 Å². The number of nitrogens with one attached hydrogen (secondary N) is 1. The minimum absolute atomic E-state index is 0.233. The van der Waals surface area contributed by atoms with Crippen LogP contribution in [0.25, 0.3) is 0 Å². The van der Waals surface area contributed by atoms with Crippen molar-refractivity contribution in [3.63, 3.8) is 0 Å². The van der Waals surface area contributed by atoms with E-state index in [1.165, 1.54) is 12.4 Å². The highest BCUT2D eigenvalue weighted by Crippen LogP contribution is 2.27. The summed E-state index contributed by atoms with van der Waals surface area (Å²) in [6, 6.07) is 4.49. The minimum atomic E-state index is -0.307. The number of hydrogen-bond donors (Lipinski definition) is 1. The first kappa shape index (κ1) is 14.9. The molecule has 0 saturated carbocycles. The average Bonchev–Trinajstić information content (AvgIpc) is 2.85. The summed E-state index contributed by atoms with van der Waals surface area (Å²) in [6.45, 7) is 2.88. The second kappa shape index (κ2) is 6.81. The van der Waals surface area contributed by atoms with E-state index in [1.54, 1.807) is 19.2 Å². The van der Waals surface area contributed by atoms with Crippen molar-refractivity contribution in [2.45, 2.75) is 32.4 Å². The Kier molecular flexibility index (Phi) is 5.09. The van der Waals surface area contributed by atoms with Crippen LogP contribution in [0.15, 0.2) is 24.5 Å². The number of rotatable bonds is 6. The van der Waals surface area contributed by atoms with Crippen molar-refractivity contribution in [1.82, 2.24) is 20.1 Å². The largest absolute Gasteiger partial charge is 0.312 e. The molecule has 0 spiro atoms. The molecular formula is C14H18ClFN4. The fourth-order valence-electron chi connectivity index (χ4n) is 2.22. The maximum Gasteiger partial charge on any atom is 0.138 e. The van der Waals surface area contributed by atoms with Gasteiger partial charge in [0.05, 0.1) is 0 Å². The molecule has 1 heterocycles. The Hall–Kier alpha value is -1.46. The lowest BCUT2D eigenvalue weighted by atomic mass is 10.0. The average molecular weight is 297 g/mol. The number of aryl methyl sites for hydroxylation is 1. The molecule has 6 heteroatoms. The summed E-state index contributed by atoms with van der Waals surface area (Å²) in [5, 5.41) is 7.71. The molecule has 0 aliphatic heterocycles. The highest BCUT2D eigenvalue weighted by atomic mass is 35.5. The molecule has 0 saturated heterocycles. The fourth-order valence-corrected chi connectivity index (χ4v) is 2.51. The molecule has 20 heavy (non-hydrogen) atoms. The fraction of sp³-hybridized carbons (Fsp3) is 0.429. The normalized spacial score (nSPS) is 12.6. The van der Waals surface area contributed by atoms with Crippen LogP contribution in [-0.2, 0) is 13.0 Å². The standard InChI is InChI=1S/C14H18ClFN4/c1-3-7-20-13(18-9-19-20)8-12(17-2)14-10(15)5-4-6-11(14)16/h4-6,9,12,17H,3,7-8H2,1-2H3. The van der Waals surface area contributed by atoms with Crippen LogP contribution in [0.4, 0.5) is 4.39 Å². The van der Waals surface area contributed by atoms with Gasteiger partial charge in [0.1, 0.15) is 18.0 Å². The topological polar surface area (TPSA) is 42.7 Å². The number of halogens is 2. The first-order valence-electron chi connectivity index (χ1n) is 6.65. The van der Waals surface area contributed by atoms with Gasteiger partial charge in [-0.2, -0.15) is 5.10 Å². The van der Waals surface area contributed by atoms with Gasteiger partial charge in [0.15, 0.2) is 0 Å². The van der Waals surface area contributed by atoms with E-state index >= 15 is 0 Å². The molecule has 2 rings (SSSR count). The van der Waals surface area contributed by atoms with Gasteiger partial charge >= 0.3 is 0 Å². The van der Waals surface area contributed by atoms with Gasteiger partial charge in [-0.05, 0) is 25.6 Å². The molecule has 0 radical (unpaired) electrons. The molecule has 108 valence electrons. The SMILES string of the molecule is CCCn1ncnc1CC(NC)c1c(F)cccc1Cl. The van der Waals surface area contributed by atoms with Crippen molar-refractivity contribution in [1.29, 1.82) is 0 Å². The van der Waals surface area contributed by atoms with Crippen LogP contribution in [0.5, 0.6) is 0 Å². The molecule has 0 amide bonds. The monoisotopic (exact) mass is 296 g/mol. The molecule has 2 aromatic rings. The van der Waals surface area contributed by atoms with Crippen molar-refractivity contribution in [2.24, 2.45) is 0 Å². The Morgan fingerprint density at radius 3 is 2.90 bits per heavy atom. The van der Waals surface area contributed by atoms with Crippen molar-refractivity contribution < 1.29 is 4.39 Å². The number of likely N-dealkylation sites (N-methyl/N-ethyl adjacent to an activating group) is 1. The van der Waals surface area contributed by atoms with E-state index in [0.717, 1.165) is 18.8 Å². The van der Waals surface area contributed by atoms with E-state index in [0.29, 0.717) is 17.0 Å². The predicted octanol–water partition coefficient (Wildman–Crippen LogP) is 2.98. The Balaban J connectivity index is 2.27. The molecular weight excluding hydrogens is 279 g/mol. The highest BCUT2D eigenvalue weighted by molar-refractivity contribution is 6.31. The zero-order chi connectivity index (χ0) is 14.5. The highest BCUT2D eigenvalue weighted by Gasteiger charge is 2.20. The Morgan fingerprint density at radius 2 is 2.25 bits per heavy atom. The molecule has 1 aromatic heterocycles. The lowest BCUT2D eigenvalue weighted by Crippen LogP contribution is -2.22. The van der Waals surface area contributed by atoms with Gasteiger partial charge < -0.3 is 5.32 Å². The third-order valence-corrected chi connectivity index (χ3v) is 3.54. The summed E-state index contributed by atoms with van der Waals surface area (Å²) < 4.78 is 15.8. The van der Waals surface area contributed by atoms with E-state index in [9.17, 15) is 4.39 Å². The summed E-state index contributed by atoms with van der Waals surface area (Å²) in [5.41, 5.74) is 0.475. The molecule has 1 N–H and O–H groups in total. The number of benzene rings is 1. The second-order valence-electron chi connectivity index (χ2n) is 4.58. The third-order valence-electron chi connectivity index (χ3n) is 3.21. The Morgan fingerprint density at radius 1 is 1.45 bits per heavy atom. The van der Waals surface area contributed by atoms with E-state index in [1.807, 2.05) is 4.68 Å². The van der Waals surface area contributed by atoms with Gasteiger partial charge in [0.25, 0.3) is 0 Å². The van der Waals surface area contributed by atoms with Crippen LogP contribution in [0.1, 0.15) is 30.8 Å². The number of aromatic nitrogens is 3. The van der Waals surface area contributed by atoms with Crippen molar-refractivity contribution >= 4 is 11.6 Å². The van der Waals surface area contributed by atoms with Gasteiger partial charge in [-0.3, -0.25) is 4.68 Å². The number of hydrogen-bond acceptors (Lipinski definition) is 3. The van der Waals surface area contributed by atoms with Crippen LogP contribution in [-0.4, -0.2) is 21.8 Å². The summed E-state index contributed by atoms with van der Waals surface area (Å²) in [6.07, 6.45) is 3.04. The minimum Gasteiger partial charge on any atom is -0.312 e. The summed E-state index contributed by atoms with van der Waals surface area (Å²) in [7, 11) is 1.79. The van der Waals surface area contributed by atoms with E-state index < -0.39 is 0 Å². The maximum absolute atomic E-state index is 14.0. The van der Waals surface area contributed by atoms with Gasteiger partial charge in [-0.1, -0.05) is 24.6 Å². The summed E-state index contributed by atoms with van der Waals surface area (Å²) >= 11 is 6.12. The van der Waals surface area contributed by atoms with Crippen LogP contribution in [0.2, 0.25) is 5.02 Å². The summed E-state index contributed by atoms with van der Waals surface area (Å²) in [4.78, 5) is 4.25. The molecule has 0 bridgehead atoms.